The largest absolute Gasteiger partial charge is 0.314 e. The standard InChI is InChI=1S/C11H21N/c1-11(2)7-9(11)8-12-10-5-3-4-6-10/h9-10,12H,3-8H2,1-2H3/t9-/m1/s1. The van der Waals surface area contributed by atoms with Crippen molar-refractivity contribution >= 4 is 0 Å². The summed E-state index contributed by atoms with van der Waals surface area (Å²) in [5.74, 6) is 0.970. The highest BCUT2D eigenvalue weighted by Gasteiger charge is 2.45. The van der Waals surface area contributed by atoms with Crippen LogP contribution in [0.3, 0.4) is 0 Å². The molecule has 2 rings (SSSR count). The van der Waals surface area contributed by atoms with Gasteiger partial charge < -0.3 is 5.32 Å². The molecule has 1 heteroatoms. The maximum Gasteiger partial charge on any atom is 0.00671 e. The van der Waals surface area contributed by atoms with Crippen molar-refractivity contribution in [3.8, 4) is 0 Å². The molecular formula is C11H21N. The first-order valence-electron chi connectivity index (χ1n) is 5.42. The van der Waals surface area contributed by atoms with Gasteiger partial charge in [0.1, 0.15) is 0 Å². The first kappa shape index (κ1) is 8.55. The fourth-order valence-corrected chi connectivity index (χ4v) is 2.36. The minimum Gasteiger partial charge on any atom is -0.314 e. The predicted octanol–water partition coefficient (Wildman–Crippen LogP) is 2.56. The molecule has 0 amide bonds. The van der Waals surface area contributed by atoms with Gasteiger partial charge in [-0.15, -0.1) is 0 Å². The molecule has 0 aromatic heterocycles. The summed E-state index contributed by atoms with van der Waals surface area (Å²) in [6.45, 7) is 6.04. The Bertz CT molecular complexity index is 152. The molecule has 2 aliphatic rings. The molecule has 0 heterocycles. The van der Waals surface area contributed by atoms with Gasteiger partial charge in [0.05, 0.1) is 0 Å². The summed E-state index contributed by atoms with van der Waals surface area (Å²) >= 11 is 0. The highest BCUT2D eigenvalue weighted by Crippen LogP contribution is 2.51. The molecule has 0 spiro atoms. The SMILES string of the molecule is CC1(C)C[C@@H]1CNC1CCCC1. The molecule has 2 aliphatic carbocycles. The lowest BCUT2D eigenvalue weighted by Crippen LogP contribution is -2.28. The van der Waals surface area contributed by atoms with E-state index in [1.807, 2.05) is 0 Å². The summed E-state index contributed by atoms with van der Waals surface area (Å²) in [4.78, 5) is 0. The lowest BCUT2D eigenvalue weighted by atomic mass is 10.1. The first-order valence-corrected chi connectivity index (χ1v) is 5.42. The molecule has 70 valence electrons. The van der Waals surface area contributed by atoms with Gasteiger partial charge in [0.15, 0.2) is 0 Å². The van der Waals surface area contributed by atoms with Gasteiger partial charge in [-0.3, -0.25) is 0 Å². The van der Waals surface area contributed by atoms with Gasteiger partial charge in [0.2, 0.25) is 0 Å². The van der Waals surface area contributed by atoms with Crippen molar-refractivity contribution in [1.82, 2.24) is 5.32 Å². The fraction of sp³-hybridized carbons (Fsp3) is 1.00. The van der Waals surface area contributed by atoms with E-state index < -0.39 is 0 Å². The first-order chi connectivity index (χ1) is 5.68. The minimum absolute atomic E-state index is 0.658. The van der Waals surface area contributed by atoms with Crippen LogP contribution < -0.4 is 5.32 Å². The second-order valence-corrected chi connectivity index (χ2v) is 5.28. The predicted molar refractivity (Wildman–Crippen MR) is 52.1 cm³/mol. The van der Waals surface area contributed by atoms with Crippen LogP contribution in [0.1, 0.15) is 46.0 Å². The highest BCUT2D eigenvalue weighted by atomic mass is 14.9. The summed E-state index contributed by atoms with van der Waals surface area (Å²) in [7, 11) is 0. The molecule has 2 saturated carbocycles. The summed E-state index contributed by atoms with van der Waals surface area (Å²) < 4.78 is 0. The Balaban J connectivity index is 1.63. The van der Waals surface area contributed by atoms with Crippen molar-refractivity contribution in [3.63, 3.8) is 0 Å². The van der Waals surface area contributed by atoms with Crippen LogP contribution in [0, 0.1) is 11.3 Å². The van der Waals surface area contributed by atoms with Crippen LogP contribution in [-0.2, 0) is 0 Å². The second kappa shape index (κ2) is 3.02. The van der Waals surface area contributed by atoms with Crippen molar-refractivity contribution in [2.45, 2.75) is 52.0 Å². The number of hydrogen-bond donors (Lipinski definition) is 1. The molecule has 1 N–H and O–H groups in total. The van der Waals surface area contributed by atoms with Gasteiger partial charge in [0, 0.05) is 6.04 Å². The average molecular weight is 167 g/mol. The molecule has 0 saturated heterocycles. The number of hydrogen-bond acceptors (Lipinski definition) is 1. The van der Waals surface area contributed by atoms with E-state index in [0.29, 0.717) is 5.41 Å². The Hall–Kier alpha value is -0.0400. The molecule has 0 aromatic carbocycles. The molecule has 0 aliphatic heterocycles. The summed E-state index contributed by atoms with van der Waals surface area (Å²) in [6, 6.07) is 0.862. The third kappa shape index (κ3) is 1.82. The van der Waals surface area contributed by atoms with Crippen molar-refractivity contribution < 1.29 is 0 Å². The van der Waals surface area contributed by atoms with Crippen LogP contribution >= 0.6 is 0 Å². The van der Waals surface area contributed by atoms with E-state index in [1.165, 1.54) is 38.6 Å². The molecule has 0 bridgehead atoms. The molecule has 1 nitrogen and oxygen atoms in total. The third-order valence-electron chi connectivity index (χ3n) is 3.73. The van der Waals surface area contributed by atoms with Crippen LogP contribution in [-0.4, -0.2) is 12.6 Å². The topological polar surface area (TPSA) is 12.0 Å². The van der Waals surface area contributed by atoms with E-state index in [9.17, 15) is 0 Å². The van der Waals surface area contributed by atoms with E-state index in [0.717, 1.165) is 12.0 Å². The van der Waals surface area contributed by atoms with Crippen molar-refractivity contribution in [2.75, 3.05) is 6.54 Å². The Kier molecular flexibility index (Phi) is 2.16. The van der Waals surface area contributed by atoms with Gasteiger partial charge in [-0.25, -0.2) is 0 Å². The number of nitrogens with one attached hydrogen (secondary N) is 1. The normalized spacial score (nSPS) is 34.0. The Labute approximate surface area is 75.9 Å². The monoisotopic (exact) mass is 167 g/mol. The molecule has 0 aromatic rings. The Morgan fingerprint density at radius 2 is 1.83 bits per heavy atom. The zero-order valence-corrected chi connectivity index (χ0v) is 8.40. The smallest absolute Gasteiger partial charge is 0.00671 e. The number of rotatable bonds is 3. The van der Waals surface area contributed by atoms with Gasteiger partial charge in [-0.1, -0.05) is 26.7 Å². The molecule has 12 heavy (non-hydrogen) atoms. The third-order valence-corrected chi connectivity index (χ3v) is 3.73. The van der Waals surface area contributed by atoms with Gasteiger partial charge in [0.25, 0.3) is 0 Å². The van der Waals surface area contributed by atoms with Crippen molar-refractivity contribution in [3.05, 3.63) is 0 Å². The Morgan fingerprint density at radius 1 is 1.25 bits per heavy atom. The van der Waals surface area contributed by atoms with Crippen LogP contribution in [0.15, 0.2) is 0 Å². The van der Waals surface area contributed by atoms with Crippen LogP contribution in [0.4, 0.5) is 0 Å². The molecule has 0 radical (unpaired) electrons. The van der Waals surface area contributed by atoms with Gasteiger partial charge in [-0.05, 0) is 37.1 Å². The van der Waals surface area contributed by atoms with Crippen molar-refractivity contribution in [1.29, 1.82) is 0 Å². The second-order valence-electron chi connectivity index (χ2n) is 5.28. The molecular weight excluding hydrogens is 146 g/mol. The van der Waals surface area contributed by atoms with Gasteiger partial charge in [-0.2, -0.15) is 0 Å². The molecule has 0 unspecified atom stereocenters. The van der Waals surface area contributed by atoms with E-state index in [4.69, 9.17) is 0 Å². The summed E-state index contributed by atoms with van der Waals surface area (Å²) in [5, 5.41) is 3.70. The zero-order chi connectivity index (χ0) is 8.60. The van der Waals surface area contributed by atoms with Crippen molar-refractivity contribution in [2.24, 2.45) is 11.3 Å². The van der Waals surface area contributed by atoms with Gasteiger partial charge >= 0.3 is 0 Å². The van der Waals surface area contributed by atoms with E-state index in [2.05, 4.69) is 19.2 Å². The minimum atomic E-state index is 0.658. The fourth-order valence-electron chi connectivity index (χ4n) is 2.36. The maximum absolute atomic E-state index is 3.70. The maximum atomic E-state index is 3.70. The molecule has 1 atom stereocenters. The van der Waals surface area contributed by atoms with E-state index in [-0.39, 0.29) is 0 Å². The van der Waals surface area contributed by atoms with Crippen LogP contribution in [0.2, 0.25) is 0 Å². The summed E-state index contributed by atoms with van der Waals surface area (Å²) in [6.07, 6.45) is 7.18. The lowest BCUT2D eigenvalue weighted by molar-refractivity contribution is 0.464. The lowest BCUT2D eigenvalue weighted by Gasteiger charge is -2.12. The average Bonchev–Trinajstić information content (AvgIpc) is 2.54. The van der Waals surface area contributed by atoms with Crippen LogP contribution in [0.25, 0.3) is 0 Å². The summed E-state index contributed by atoms with van der Waals surface area (Å²) in [5.41, 5.74) is 0.658. The quantitative estimate of drug-likeness (QED) is 0.681. The highest BCUT2D eigenvalue weighted by molar-refractivity contribution is 4.96. The Morgan fingerprint density at radius 3 is 2.33 bits per heavy atom. The van der Waals surface area contributed by atoms with E-state index in [1.54, 1.807) is 0 Å². The molecule has 2 fully saturated rings. The van der Waals surface area contributed by atoms with Crippen LogP contribution in [0.5, 0.6) is 0 Å². The van der Waals surface area contributed by atoms with E-state index >= 15 is 0 Å². The zero-order valence-electron chi connectivity index (χ0n) is 8.40.